The maximum absolute atomic E-state index is 12.8. The largest absolute Gasteiger partial charge is 0.493 e. The van der Waals surface area contributed by atoms with E-state index in [0.717, 1.165) is 134 Å². The van der Waals surface area contributed by atoms with Crippen LogP contribution in [0.1, 0.15) is 45.5 Å². The van der Waals surface area contributed by atoms with Gasteiger partial charge in [0.25, 0.3) is 39.6 Å². The van der Waals surface area contributed by atoms with Crippen LogP contribution in [0.5, 0.6) is 11.5 Å². The van der Waals surface area contributed by atoms with Crippen LogP contribution in [-0.2, 0) is 6.61 Å². The van der Waals surface area contributed by atoms with Crippen LogP contribution < -0.4 is 37.3 Å². The highest BCUT2D eigenvalue weighted by atomic mass is 16.5. The Kier molecular flexibility index (Phi) is 26.6. The standard InChI is InChI=1S/C24H23N5O2.C23H21N3O3.C21H18N4O2.C20H17N3O3.C19H15N3O2/c1-27-11-13-28(14-12-27)24(31)18-7-9-19(10-8-18)29-15-20(17-5-3-2-4-6-17)21-22(29)25-16-26-23(21)30;27-22-20-19(14-26(21(20)24-15-25-22)17-4-2-1-3-5-17)16-6-8-18(9-7-16)29-13-12-23(28)10-11-23;1-24(2)21(27)15-8-10-16(11-9-15)25-12-17(14-6-4-3-5-7-14)18-19(25)22-13-23-20(18)26;24-9-10-26-16-8-4-5-14(11-16)17-12-23(15-6-2-1-3-7-15)19-18(17)21-13-22-20(19)25;23-11-13-6-8-14(9-7-13)16-10-22(15-4-2-1-3-5-15)18-17(16)20-12-21-19(18)24/h2-10,15-16H,11-14H2,1H3,(H,25,26,30);1-9,14-15,28H,10-13H2,(H,24,25,27);3-13H,1-2H3,(H,22,23,26);1-8,11-13,24H,9-10H2,(H,21,22,25);1-10,12,23H,11H2,(H,20,21,24). The minimum atomic E-state index is -0.507. The third-order valence-corrected chi connectivity index (χ3v) is 24.0. The molecule has 0 spiro atoms. The summed E-state index contributed by atoms with van der Waals surface area (Å²) in [6, 6.07) is 86.3. The molecule has 1 saturated heterocycles. The van der Waals surface area contributed by atoms with Gasteiger partial charge in [-0.05, 0) is 162 Å². The van der Waals surface area contributed by atoms with Crippen LogP contribution in [0.15, 0.2) is 360 Å². The van der Waals surface area contributed by atoms with Gasteiger partial charge in [0, 0.05) is 145 Å². The molecule has 2 fully saturated rings. The zero-order chi connectivity index (χ0) is 94.6. The molecular formula is C107H94N18O12. The lowest BCUT2D eigenvalue weighted by molar-refractivity contribution is 0.0663. The predicted octanol–water partition coefficient (Wildman–Crippen LogP) is 15.2. The molecule has 1 aliphatic heterocycles. The van der Waals surface area contributed by atoms with Crippen molar-refractivity contribution in [3.63, 3.8) is 0 Å². The number of fused-ring (bicyclic) bond motifs is 5. The van der Waals surface area contributed by atoms with E-state index in [1.54, 1.807) is 26.2 Å². The van der Waals surface area contributed by atoms with Crippen molar-refractivity contribution in [2.45, 2.75) is 31.5 Å². The van der Waals surface area contributed by atoms with Crippen LogP contribution in [0, 0.1) is 0 Å². The summed E-state index contributed by atoms with van der Waals surface area (Å²) in [5.41, 5.74) is 18.0. The lowest BCUT2D eigenvalue weighted by Gasteiger charge is -2.32. The Bertz CT molecular complexity index is 8000. The molecule has 2 amide bonds. The number of nitrogens with zero attached hydrogens (tertiary/aromatic N) is 13. The first-order valence-electron chi connectivity index (χ1n) is 44.5. The molecule has 684 valence electrons. The van der Waals surface area contributed by atoms with Crippen molar-refractivity contribution in [3.05, 3.63) is 404 Å². The number of para-hydroxylation sites is 3. The van der Waals surface area contributed by atoms with Gasteiger partial charge < -0.3 is 87.2 Å². The van der Waals surface area contributed by atoms with Crippen molar-refractivity contribution in [2.75, 3.05) is 67.1 Å². The first-order chi connectivity index (χ1) is 66.9. The molecule has 0 unspecified atom stereocenters. The number of nitrogens with one attached hydrogen (secondary N) is 5. The molecule has 22 rings (SSSR count). The van der Waals surface area contributed by atoms with Gasteiger partial charge in [-0.25, -0.2) is 24.9 Å². The number of benzene rings is 10. The number of likely N-dealkylation sites (N-methyl/N-ethyl adjacent to an activating group) is 1. The predicted molar refractivity (Wildman–Crippen MR) is 530 cm³/mol. The normalized spacial score (nSPS) is 12.6. The topological polar surface area (TPSA) is 376 Å². The molecule has 10 aromatic heterocycles. The molecule has 0 bridgehead atoms. The van der Waals surface area contributed by atoms with Crippen LogP contribution in [0.3, 0.4) is 0 Å². The summed E-state index contributed by atoms with van der Waals surface area (Å²) >= 11 is 0. The van der Waals surface area contributed by atoms with E-state index in [2.05, 4.69) is 61.8 Å². The molecule has 11 heterocycles. The molecule has 1 aliphatic carbocycles. The second-order valence-electron chi connectivity index (χ2n) is 33.1. The molecule has 1 saturated carbocycles. The van der Waals surface area contributed by atoms with Crippen LogP contribution in [-0.4, -0.2) is 187 Å². The summed E-state index contributed by atoms with van der Waals surface area (Å²) < 4.78 is 20.7. The van der Waals surface area contributed by atoms with E-state index in [1.807, 2.05) is 320 Å². The quantitative estimate of drug-likeness (QED) is 0.0351. The van der Waals surface area contributed by atoms with Gasteiger partial charge in [0.1, 0.15) is 40.2 Å². The Morgan fingerprint density at radius 1 is 0.380 bits per heavy atom. The van der Waals surface area contributed by atoms with E-state index in [-0.39, 0.29) is 59.4 Å². The highest BCUT2D eigenvalue weighted by Crippen LogP contribution is 2.40. The first kappa shape index (κ1) is 90.2. The number of aliphatic hydroxyl groups excluding tert-OH is 2. The number of aliphatic hydroxyl groups is 3. The summed E-state index contributed by atoms with van der Waals surface area (Å²) in [7, 11) is 5.51. The van der Waals surface area contributed by atoms with Crippen molar-refractivity contribution < 1.29 is 34.4 Å². The third-order valence-electron chi connectivity index (χ3n) is 24.0. The minimum Gasteiger partial charge on any atom is -0.493 e. The van der Waals surface area contributed by atoms with Crippen LogP contribution in [0.25, 0.3) is 139 Å². The Hall–Kier alpha value is -17.3. The monoisotopic (exact) mass is 1820 g/mol. The number of rotatable bonds is 20. The Labute approximate surface area is 782 Å². The summed E-state index contributed by atoms with van der Waals surface area (Å²) in [5.74, 6) is 1.40. The molecule has 20 aromatic rings. The van der Waals surface area contributed by atoms with Gasteiger partial charge in [0.05, 0.1) is 73.2 Å². The first-order valence-corrected chi connectivity index (χ1v) is 44.5. The second-order valence-corrected chi connectivity index (χ2v) is 33.1. The number of hydrogen-bond donors (Lipinski definition) is 8. The van der Waals surface area contributed by atoms with Crippen LogP contribution in [0.2, 0.25) is 0 Å². The van der Waals surface area contributed by atoms with Gasteiger partial charge in [0.15, 0.2) is 16.9 Å². The number of amides is 2. The summed E-state index contributed by atoms with van der Waals surface area (Å²) in [4.78, 5) is 128. The number of carbonyl (C=O) groups is 2. The highest BCUT2D eigenvalue weighted by molar-refractivity contribution is 6.00. The fourth-order valence-electron chi connectivity index (χ4n) is 16.6. The summed E-state index contributed by atoms with van der Waals surface area (Å²) in [6.07, 6.45) is 19.1. The van der Waals surface area contributed by atoms with Crippen molar-refractivity contribution in [3.8, 4) is 95.6 Å². The second kappa shape index (κ2) is 40.4. The Balaban J connectivity index is 0.000000114. The molecule has 137 heavy (non-hydrogen) atoms. The van der Waals surface area contributed by atoms with Gasteiger partial charge in [-0.1, -0.05) is 164 Å². The SMILES string of the molecule is CN(C)C(=O)c1ccc(-n2cc(-c3ccccc3)c3c(=O)[nH]cnc32)cc1.CN1CCN(C(=O)c2ccc(-n3cc(-c4ccccc4)c4c(=O)[nH]cnc43)cc2)CC1.O=c1[nH]cnc2c(-c3ccc(CO)cc3)cn(-c3ccccc3)c12.O=c1[nH]cnc2c(-c3cccc(OCCO)c3)cn(-c3ccccc3)c12.O=c1[nH]cnc2c1c(-c1ccc(OCCC3(O)CC3)cc1)cn2-c1ccccc1. The molecule has 10 aromatic carbocycles. The van der Waals surface area contributed by atoms with E-state index in [4.69, 9.17) is 14.6 Å². The number of aromatic nitrogens is 15. The number of H-pyrrole nitrogens is 5. The lowest BCUT2D eigenvalue weighted by atomic mass is 10.1. The van der Waals surface area contributed by atoms with Gasteiger partial charge in [-0.3, -0.25) is 33.6 Å². The molecular weight excluding hydrogens is 1730 g/mol. The van der Waals surface area contributed by atoms with E-state index >= 15 is 0 Å². The van der Waals surface area contributed by atoms with Crippen molar-refractivity contribution in [1.29, 1.82) is 0 Å². The average Bonchev–Trinajstić information content (AvgIpc) is 1.63. The molecule has 30 nitrogen and oxygen atoms in total. The number of aromatic amines is 5. The smallest absolute Gasteiger partial charge is 0.275 e. The maximum Gasteiger partial charge on any atom is 0.275 e. The minimum absolute atomic E-state index is 0.00394. The zero-order valence-corrected chi connectivity index (χ0v) is 74.9. The highest BCUT2D eigenvalue weighted by Gasteiger charge is 2.40. The molecule has 2 aliphatic rings. The number of hydrogen-bond acceptors (Lipinski definition) is 18. The van der Waals surface area contributed by atoms with Crippen LogP contribution >= 0.6 is 0 Å². The Morgan fingerprint density at radius 3 is 1.18 bits per heavy atom. The fourth-order valence-corrected chi connectivity index (χ4v) is 16.6. The van der Waals surface area contributed by atoms with Gasteiger partial charge in [-0.2, -0.15) is 0 Å². The lowest BCUT2D eigenvalue weighted by Crippen LogP contribution is -2.47. The van der Waals surface area contributed by atoms with Crippen LogP contribution in [0.4, 0.5) is 0 Å². The number of ether oxygens (including phenoxy) is 2. The molecule has 30 heteroatoms. The van der Waals surface area contributed by atoms with Gasteiger partial charge in [-0.15, -0.1) is 0 Å². The van der Waals surface area contributed by atoms with Crippen molar-refractivity contribution in [2.24, 2.45) is 0 Å². The molecule has 8 N–H and O–H groups in total. The van der Waals surface area contributed by atoms with E-state index in [0.29, 0.717) is 85.1 Å². The van der Waals surface area contributed by atoms with Gasteiger partial charge >= 0.3 is 0 Å². The van der Waals surface area contributed by atoms with E-state index < -0.39 is 5.60 Å². The van der Waals surface area contributed by atoms with E-state index in [1.165, 1.54) is 36.5 Å². The number of carbonyl (C=O) groups excluding carboxylic acids is 2. The molecule has 0 atom stereocenters. The zero-order valence-electron chi connectivity index (χ0n) is 74.9. The van der Waals surface area contributed by atoms with Gasteiger partial charge in [0.2, 0.25) is 0 Å². The molecule has 0 radical (unpaired) electrons. The maximum atomic E-state index is 12.8. The Morgan fingerprint density at radius 2 is 0.745 bits per heavy atom. The van der Waals surface area contributed by atoms with E-state index in [9.17, 15) is 43.8 Å². The van der Waals surface area contributed by atoms with Crippen molar-refractivity contribution in [1.82, 2.24) is 87.4 Å². The summed E-state index contributed by atoms with van der Waals surface area (Å²) in [6.45, 7) is 3.95. The fraction of sp³-hybridized carbons (Fsp3) is 0.140. The summed E-state index contributed by atoms with van der Waals surface area (Å²) in [5, 5.41) is 29.7. The average molecular weight is 1820 g/mol. The third kappa shape index (κ3) is 19.7. The van der Waals surface area contributed by atoms with Crippen molar-refractivity contribution >= 4 is 67.0 Å². The number of piperazine rings is 1.